The van der Waals surface area contributed by atoms with Gasteiger partial charge in [0, 0.05) is 11.8 Å². The van der Waals surface area contributed by atoms with Gasteiger partial charge in [-0.1, -0.05) is 18.2 Å². The Balaban J connectivity index is 2.13. The maximum Gasteiger partial charge on any atom is 0.534 e. The summed E-state index contributed by atoms with van der Waals surface area (Å²) in [6.45, 7) is 0. The smallest absolute Gasteiger partial charge is 0.375 e. The van der Waals surface area contributed by atoms with Crippen LogP contribution in [-0.2, 0) is 10.1 Å². The minimum absolute atomic E-state index is 0.180. The van der Waals surface area contributed by atoms with E-state index in [1.165, 1.54) is 18.3 Å². The number of pyridine rings is 1. The van der Waals surface area contributed by atoms with Gasteiger partial charge in [0.1, 0.15) is 5.65 Å². The zero-order chi connectivity index (χ0) is 16.7. The molecular formula is C14H9F3N2O3S. The second kappa shape index (κ2) is 5.27. The first-order valence-electron chi connectivity index (χ1n) is 6.32. The molecule has 120 valence electrons. The molecule has 3 rings (SSSR count). The monoisotopic (exact) mass is 342 g/mol. The maximum absolute atomic E-state index is 12.5. The number of halogens is 3. The summed E-state index contributed by atoms with van der Waals surface area (Å²) in [6, 6.07) is 10.7. The summed E-state index contributed by atoms with van der Waals surface area (Å²) in [7, 11) is -5.75. The molecule has 23 heavy (non-hydrogen) atoms. The molecule has 5 nitrogen and oxygen atoms in total. The molecule has 2 heterocycles. The van der Waals surface area contributed by atoms with E-state index in [2.05, 4.69) is 9.17 Å². The lowest BCUT2D eigenvalue weighted by atomic mass is 10.1. The first-order valence-corrected chi connectivity index (χ1v) is 7.73. The summed E-state index contributed by atoms with van der Waals surface area (Å²) in [5, 5.41) is 0. The quantitative estimate of drug-likeness (QED) is 0.542. The zero-order valence-electron chi connectivity index (χ0n) is 11.4. The van der Waals surface area contributed by atoms with Gasteiger partial charge < -0.3 is 4.18 Å². The van der Waals surface area contributed by atoms with Crippen LogP contribution in [0.1, 0.15) is 0 Å². The minimum Gasteiger partial charge on any atom is -0.375 e. The van der Waals surface area contributed by atoms with E-state index < -0.39 is 21.4 Å². The SMILES string of the molecule is O=S(=O)(Oc1ccccc1-c1cnc2ccccn12)C(F)(F)F. The van der Waals surface area contributed by atoms with Crippen LogP contribution < -0.4 is 4.18 Å². The number of fused-ring (bicyclic) bond motifs is 1. The minimum atomic E-state index is -5.75. The van der Waals surface area contributed by atoms with Crippen molar-refractivity contribution >= 4 is 15.8 Å². The van der Waals surface area contributed by atoms with Gasteiger partial charge in [0.05, 0.1) is 11.9 Å². The highest BCUT2D eigenvalue weighted by Crippen LogP contribution is 2.34. The second-order valence-electron chi connectivity index (χ2n) is 4.55. The van der Waals surface area contributed by atoms with Gasteiger partial charge in [-0.3, -0.25) is 4.40 Å². The van der Waals surface area contributed by atoms with Crippen molar-refractivity contribution < 1.29 is 25.8 Å². The third-order valence-electron chi connectivity index (χ3n) is 3.06. The van der Waals surface area contributed by atoms with E-state index in [4.69, 9.17) is 0 Å². The Kier molecular flexibility index (Phi) is 3.52. The molecule has 0 aliphatic carbocycles. The molecule has 0 bridgehead atoms. The van der Waals surface area contributed by atoms with Gasteiger partial charge in [-0.2, -0.15) is 21.6 Å². The largest absolute Gasteiger partial charge is 0.534 e. The van der Waals surface area contributed by atoms with Crippen molar-refractivity contribution in [2.75, 3.05) is 0 Å². The van der Waals surface area contributed by atoms with Crippen molar-refractivity contribution in [3.63, 3.8) is 0 Å². The molecular weight excluding hydrogens is 333 g/mol. The molecule has 0 aliphatic rings. The van der Waals surface area contributed by atoms with Crippen LogP contribution in [0.2, 0.25) is 0 Å². The highest BCUT2D eigenvalue weighted by Gasteiger charge is 2.48. The predicted octanol–water partition coefficient (Wildman–Crippen LogP) is 3.23. The van der Waals surface area contributed by atoms with E-state index in [-0.39, 0.29) is 5.56 Å². The second-order valence-corrected chi connectivity index (χ2v) is 6.09. The number of nitrogens with zero attached hydrogens (tertiary/aromatic N) is 2. The predicted molar refractivity (Wildman–Crippen MR) is 76.2 cm³/mol. The van der Waals surface area contributed by atoms with Crippen LogP contribution in [0.3, 0.4) is 0 Å². The number of rotatable bonds is 3. The van der Waals surface area contributed by atoms with Gasteiger partial charge in [0.2, 0.25) is 0 Å². The molecule has 2 aromatic heterocycles. The molecule has 1 aromatic carbocycles. The zero-order valence-corrected chi connectivity index (χ0v) is 12.2. The Morgan fingerprint density at radius 1 is 1.04 bits per heavy atom. The average molecular weight is 342 g/mol. The third-order valence-corrected chi connectivity index (χ3v) is 4.03. The average Bonchev–Trinajstić information content (AvgIpc) is 2.90. The molecule has 0 saturated carbocycles. The fourth-order valence-corrected chi connectivity index (χ4v) is 2.52. The van der Waals surface area contributed by atoms with Gasteiger partial charge >= 0.3 is 15.6 Å². The topological polar surface area (TPSA) is 60.7 Å². The summed E-state index contributed by atoms with van der Waals surface area (Å²) >= 11 is 0. The molecule has 0 unspecified atom stereocenters. The van der Waals surface area contributed by atoms with Gasteiger partial charge in [-0.25, -0.2) is 4.98 Å². The lowest BCUT2D eigenvalue weighted by Crippen LogP contribution is -2.28. The van der Waals surface area contributed by atoms with E-state index >= 15 is 0 Å². The van der Waals surface area contributed by atoms with Gasteiger partial charge in [0.25, 0.3) is 0 Å². The number of aromatic nitrogens is 2. The van der Waals surface area contributed by atoms with E-state index in [1.807, 2.05) is 0 Å². The van der Waals surface area contributed by atoms with Crippen molar-refractivity contribution in [3.8, 4) is 17.0 Å². The van der Waals surface area contributed by atoms with E-state index in [1.54, 1.807) is 34.9 Å². The molecule has 0 atom stereocenters. The van der Waals surface area contributed by atoms with Gasteiger partial charge in [0.15, 0.2) is 5.75 Å². The Hall–Kier alpha value is -2.55. The molecule has 0 saturated heterocycles. The van der Waals surface area contributed by atoms with Crippen molar-refractivity contribution in [1.82, 2.24) is 9.38 Å². The van der Waals surface area contributed by atoms with Crippen LogP contribution in [0.25, 0.3) is 16.9 Å². The maximum atomic E-state index is 12.5. The normalized spacial score (nSPS) is 12.5. The molecule has 9 heteroatoms. The van der Waals surface area contributed by atoms with Crippen LogP contribution in [0.5, 0.6) is 5.75 Å². The Morgan fingerprint density at radius 3 is 2.48 bits per heavy atom. The summed E-state index contributed by atoms with van der Waals surface area (Å²) in [4.78, 5) is 4.12. The molecule has 0 amide bonds. The van der Waals surface area contributed by atoms with E-state index in [0.29, 0.717) is 11.3 Å². The Labute approximate surface area is 129 Å². The number of hydrogen-bond donors (Lipinski definition) is 0. The van der Waals surface area contributed by atoms with Crippen LogP contribution >= 0.6 is 0 Å². The number of alkyl halides is 3. The fourth-order valence-electron chi connectivity index (χ4n) is 2.05. The van der Waals surface area contributed by atoms with Gasteiger partial charge in [-0.05, 0) is 24.3 Å². The standard InChI is InChI=1S/C14H9F3N2O3S/c15-14(16,17)23(20,21)22-12-6-2-1-5-10(12)11-9-18-13-7-3-4-8-19(11)13/h1-9H. The number of hydrogen-bond acceptors (Lipinski definition) is 4. The Morgan fingerprint density at radius 2 is 1.74 bits per heavy atom. The van der Waals surface area contributed by atoms with Crippen molar-refractivity contribution in [2.24, 2.45) is 0 Å². The van der Waals surface area contributed by atoms with Crippen LogP contribution in [-0.4, -0.2) is 23.3 Å². The van der Waals surface area contributed by atoms with Crippen LogP contribution in [0.15, 0.2) is 54.9 Å². The molecule has 0 fully saturated rings. The lowest BCUT2D eigenvalue weighted by Gasteiger charge is -2.12. The molecule has 3 aromatic rings. The number of imidazole rings is 1. The first-order chi connectivity index (χ1) is 10.8. The summed E-state index contributed by atoms with van der Waals surface area (Å²) in [5.41, 5.74) is -4.34. The first kappa shape index (κ1) is 15.3. The van der Waals surface area contributed by atoms with Crippen molar-refractivity contribution in [1.29, 1.82) is 0 Å². The third kappa shape index (κ3) is 2.74. The fraction of sp³-hybridized carbons (Fsp3) is 0.0714. The van der Waals surface area contributed by atoms with Crippen LogP contribution in [0, 0.1) is 0 Å². The Bertz CT molecular complexity index is 965. The highest BCUT2D eigenvalue weighted by molar-refractivity contribution is 7.88. The summed E-state index contributed by atoms with van der Waals surface area (Å²) in [6.07, 6.45) is 3.09. The van der Waals surface area contributed by atoms with Gasteiger partial charge in [-0.15, -0.1) is 0 Å². The van der Waals surface area contributed by atoms with E-state index in [0.717, 1.165) is 6.07 Å². The lowest BCUT2D eigenvalue weighted by molar-refractivity contribution is -0.0499. The van der Waals surface area contributed by atoms with Crippen LogP contribution in [0.4, 0.5) is 13.2 Å². The summed E-state index contributed by atoms with van der Waals surface area (Å²) < 4.78 is 65.9. The highest BCUT2D eigenvalue weighted by atomic mass is 32.2. The number of benzene rings is 1. The van der Waals surface area contributed by atoms with Crippen molar-refractivity contribution in [3.05, 3.63) is 54.9 Å². The number of para-hydroxylation sites is 1. The molecule has 0 aliphatic heterocycles. The molecule has 0 spiro atoms. The van der Waals surface area contributed by atoms with Crippen molar-refractivity contribution in [2.45, 2.75) is 5.51 Å². The van der Waals surface area contributed by atoms with E-state index in [9.17, 15) is 21.6 Å². The molecule has 0 radical (unpaired) electrons. The summed E-state index contributed by atoms with van der Waals surface area (Å²) in [5.74, 6) is -0.421. The molecule has 0 N–H and O–H groups in total.